The van der Waals surface area contributed by atoms with Gasteiger partial charge < -0.3 is 11.5 Å². The maximum atomic E-state index is 5.58. The van der Waals surface area contributed by atoms with Crippen LogP contribution in [0.4, 0.5) is 5.82 Å². The minimum absolute atomic E-state index is 0.0353. The molecule has 1 heterocycles. The van der Waals surface area contributed by atoms with E-state index in [1.165, 1.54) is 0 Å². The molecule has 1 aromatic heterocycles. The van der Waals surface area contributed by atoms with E-state index in [0.717, 1.165) is 5.56 Å². The molecule has 0 amide bonds. The maximum Gasteiger partial charge on any atom is 0.123 e. The first-order chi connectivity index (χ1) is 4.70. The fourth-order valence-electron chi connectivity index (χ4n) is 0.686. The first-order valence-corrected chi connectivity index (χ1v) is 3.17. The van der Waals surface area contributed by atoms with Crippen molar-refractivity contribution in [1.29, 1.82) is 0 Å². The summed E-state index contributed by atoms with van der Waals surface area (Å²) < 4.78 is 0. The Morgan fingerprint density at radius 1 is 1.50 bits per heavy atom. The fraction of sp³-hybridized carbons (Fsp3) is 0.286. The van der Waals surface area contributed by atoms with Gasteiger partial charge in [-0.3, -0.25) is 0 Å². The lowest BCUT2D eigenvalue weighted by Crippen LogP contribution is -2.05. The summed E-state index contributed by atoms with van der Waals surface area (Å²) in [7, 11) is 0. The average Bonchev–Trinajstić information content (AvgIpc) is 1.88. The Morgan fingerprint density at radius 3 is 2.60 bits per heavy atom. The number of hydrogen-bond donors (Lipinski definition) is 2. The van der Waals surface area contributed by atoms with Crippen molar-refractivity contribution in [2.75, 3.05) is 5.73 Å². The molecule has 0 saturated carbocycles. The molecule has 0 aromatic carbocycles. The predicted molar refractivity (Wildman–Crippen MR) is 41.3 cm³/mol. The second kappa shape index (κ2) is 2.66. The summed E-state index contributed by atoms with van der Waals surface area (Å²) in [5, 5.41) is 0. The molecule has 1 aromatic rings. The van der Waals surface area contributed by atoms with E-state index < -0.39 is 0 Å². The Bertz CT molecular complexity index is 203. The monoisotopic (exact) mass is 137 g/mol. The quantitative estimate of drug-likeness (QED) is 0.598. The van der Waals surface area contributed by atoms with Gasteiger partial charge >= 0.3 is 0 Å². The molecule has 0 aliphatic heterocycles. The standard InChI is InChI=1S/C7H11N3/c1-5(8)6-2-3-7(9)10-4-6/h2-5H,8H2,1H3,(H2,9,10)/t5-/m1/s1. The van der Waals surface area contributed by atoms with Crippen LogP contribution in [0.25, 0.3) is 0 Å². The average molecular weight is 137 g/mol. The number of aromatic nitrogens is 1. The van der Waals surface area contributed by atoms with E-state index >= 15 is 0 Å². The first-order valence-electron chi connectivity index (χ1n) is 3.17. The molecule has 3 nitrogen and oxygen atoms in total. The van der Waals surface area contributed by atoms with Crippen LogP contribution in [0.2, 0.25) is 0 Å². The van der Waals surface area contributed by atoms with Crippen molar-refractivity contribution in [1.82, 2.24) is 4.98 Å². The SMILES string of the molecule is C[C@@H](N)c1ccc(N)nc1. The number of pyridine rings is 1. The van der Waals surface area contributed by atoms with Crippen LogP contribution in [0.3, 0.4) is 0 Å². The predicted octanol–water partition coefficient (Wildman–Crippen LogP) is 0.684. The molecule has 54 valence electrons. The molecular weight excluding hydrogens is 126 g/mol. The lowest BCUT2D eigenvalue weighted by atomic mass is 10.2. The molecule has 0 unspecified atom stereocenters. The van der Waals surface area contributed by atoms with Crippen molar-refractivity contribution < 1.29 is 0 Å². The van der Waals surface area contributed by atoms with E-state index in [2.05, 4.69) is 4.98 Å². The van der Waals surface area contributed by atoms with Gasteiger partial charge in [-0.05, 0) is 18.6 Å². The third kappa shape index (κ3) is 1.45. The molecule has 4 N–H and O–H groups in total. The maximum absolute atomic E-state index is 5.58. The van der Waals surface area contributed by atoms with Crippen molar-refractivity contribution in [3.8, 4) is 0 Å². The van der Waals surface area contributed by atoms with Crippen molar-refractivity contribution in [3.63, 3.8) is 0 Å². The molecule has 0 saturated heterocycles. The van der Waals surface area contributed by atoms with Gasteiger partial charge in [-0.15, -0.1) is 0 Å². The number of rotatable bonds is 1. The van der Waals surface area contributed by atoms with Gasteiger partial charge in [0.05, 0.1) is 0 Å². The lowest BCUT2D eigenvalue weighted by molar-refractivity contribution is 0.812. The first kappa shape index (κ1) is 7.02. The minimum atomic E-state index is 0.0353. The topological polar surface area (TPSA) is 64.9 Å². The van der Waals surface area contributed by atoms with Gasteiger partial charge in [0.15, 0.2) is 0 Å². The molecular formula is C7H11N3. The number of nitrogen functional groups attached to an aromatic ring is 1. The van der Waals surface area contributed by atoms with Gasteiger partial charge in [-0.2, -0.15) is 0 Å². The van der Waals surface area contributed by atoms with Gasteiger partial charge in [-0.1, -0.05) is 6.07 Å². The molecule has 1 atom stereocenters. The van der Waals surface area contributed by atoms with E-state index in [1.54, 1.807) is 12.3 Å². The van der Waals surface area contributed by atoms with Crippen molar-refractivity contribution in [2.24, 2.45) is 5.73 Å². The van der Waals surface area contributed by atoms with E-state index in [-0.39, 0.29) is 6.04 Å². The van der Waals surface area contributed by atoms with Crippen LogP contribution in [0, 0.1) is 0 Å². The van der Waals surface area contributed by atoms with E-state index in [0.29, 0.717) is 5.82 Å². The number of hydrogen-bond acceptors (Lipinski definition) is 3. The van der Waals surface area contributed by atoms with Crippen LogP contribution in [0.15, 0.2) is 18.3 Å². The zero-order chi connectivity index (χ0) is 7.56. The van der Waals surface area contributed by atoms with Gasteiger partial charge in [-0.25, -0.2) is 4.98 Å². The number of nitrogens with two attached hydrogens (primary N) is 2. The molecule has 0 aliphatic rings. The Hall–Kier alpha value is -1.09. The highest BCUT2D eigenvalue weighted by Crippen LogP contribution is 2.07. The second-order valence-corrected chi connectivity index (χ2v) is 2.31. The summed E-state index contributed by atoms with van der Waals surface area (Å²) in [5.41, 5.74) is 12.0. The minimum Gasteiger partial charge on any atom is -0.384 e. The van der Waals surface area contributed by atoms with Crippen LogP contribution in [-0.4, -0.2) is 4.98 Å². The highest BCUT2D eigenvalue weighted by atomic mass is 14.8. The summed E-state index contributed by atoms with van der Waals surface area (Å²) in [5.74, 6) is 0.532. The highest BCUT2D eigenvalue weighted by molar-refractivity contribution is 5.30. The van der Waals surface area contributed by atoms with Crippen LogP contribution < -0.4 is 11.5 Å². The number of nitrogens with zero attached hydrogens (tertiary/aromatic N) is 1. The van der Waals surface area contributed by atoms with Gasteiger partial charge in [0, 0.05) is 12.2 Å². The van der Waals surface area contributed by atoms with E-state index in [9.17, 15) is 0 Å². The normalized spacial score (nSPS) is 13.0. The van der Waals surface area contributed by atoms with Gasteiger partial charge in [0.1, 0.15) is 5.82 Å². The van der Waals surface area contributed by atoms with Gasteiger partial charge in [0.25, 0.3) is 0 Å². The molecule has 1 rings (SSSR count). The molecule has 0 bridgehead atoms. The van der Waals surface area contributed by atoms with Crippen molar-refractivity contribution in [3.05, 3.63) is 23.9 Å². The van der Waals surface area contributed by atoms with Crippen LogP contribution >= 0.6 is 0 Å². The second-order valence-electron chi connectivity index (χ2n) is 2.31. The largest absolute Gasteiger partial charge is 0.384 e. The lowest BCUT2D eigenvalue weighted by Gasteiger charge is -2.03. The highest BCUT2D eigenvalue weighted by Gasteiger charge is 1.96. The summed E-state index contributed by atoms with van der Waals surface area (Å²) in [4.78, 5) is 3.90. The molecule has 0 radical (unpaired) electrons. The summed E-state index contributed by atoms with van der Waals surface area (Å²) in [6, 6.07) is 3.67. The summed E-state index contributed by atoms with van der Waals surface area (Å²) in [6.45, 7) is 1.91. The third-order valence-electron chi connectivity index (χ3n) is 1.34. The van der Waals surface area contributed by atoms with E-state index in [4.69, 9.17) is 11.5 Å². The van der Waals surface area contributed by atoms with Crippen LogP contribution in [-0.2, 0) is 0 Å². The Labute approximate surface area is 60.1 Å². The number of anilines is 1. The Morgan fingerprint density at radius 2 is 2.20 bits per heavy atom. The molecule has 0 spiro atoms. The Balaban J connectivity index is 2.89. The van der Waals surface area contributed by atoms with Crippen molar-refractivity contribution >= 4 is 5.82 Å². The fourth-order valence-corrected chi connectivity index (χ4v) is 0.686. The zero-order valence-corrected chi connectivity index (χ0v) is 5.91. The van der Waals surface area contributed by atoms with E-state index in [1.807, 2.05) is 13.0 Å². The molecule has 0 aliphatic carbocycles. The van der Waals surface area contributed by atoms with Crippen molar-refractivity contribution in [2.45, 2.75) is 13.0 Å². The van der Waals surface area contributed by atoms with Gasteiger partial charge in [0.2, 0.25) is 0 Å². The smallest absolute Gasteiger partial charge is 0.123 e. The molecule has 0 fully saturated rings. The van der Waals surface area contributed by atoms with Crippen LogP contribution in [0.1, 0.15) is 18.5 Å². The van der Waals surface area contributed by atoms with Crippen LogP contribution in [0.5, 0.6) is 0 Å². The molecule has 10 heavy (non-hydrogen) atoms. The summed E-state index contributed by atoms with van der Waals surface area (Å²) >= 11 is 0. The third-order valence-corrected chi connectivity index (χ3v) is 1.34. The Kier molecular flexibility index (Phi) is 1.87. The summed E-state index contributed by atoms with van der Waals surface area (Å²) in [6.07, 6.45) is 1.69. The zero-order valence-electron chi connectivity index (χ0n) is 5.91. The molecule has 3 heteroatoms.